The van der Waals surface area contributed by atoms with Gasteiger partial charge in [-0.05, 0) is 31.9 Å². The monoisotopic (exact) mass is 248 g/mol. The molecule has 1 aromatic rings. The van der Waals surface area contributed by atoms with Crippen molar-refractivity contribution in [2.24, 2.45) is 0 Å². The second-order valence-electron chi connectivity index (χ2n) is 4.58. The van der Waals surface area contributed by atoms with Crippen LogP contribution in [0.2, 0.25) is 0 Å². The molecule has 1 aromatic carbocycles. The minimum atomic E-state index is -1.07. The number of hydrogen-bond donors (Lipinski definition) is 1. The molecule has 1 fully saturated rings. The van der Waals surface area contributed by atoms with Gasteiger partial charge in [0.15, 0.2) is 0 Å². The van der Waals surface area contributed by atoms with Gasteiger partial charge in [-0.15, -0.1) is 0 Å². The average Bonchev–Trinajstić information content (AvgIpc) is 2.72. The fourth-order valence-electron chi connectivity index (χ4n) is 2.42. The molecular weight excluding hydrogens is 235 g/mol. The average molecular weight is 248 g/mol. The van der Waals surface area contributed by atoms with Crippen LogP contribution in [0.15, 0.2) is 18.2 Å². The summed E-state index contributed by atoms with van der Waals surface area (Å²) in [6, 6.07) is 6.10. The molecule has 0 radical (unpaired) electrons. The van der Waals surface area contributed by atoms with Crippen LogP contribution in [0.5, 0.6) is 0 Å². The molecule has 4 nitrogen and oxygen atoms in total. The highest BCUT2D eigenvalue weighted by molar-refractivity contribution is 5.84. The summed E-state index contributed by atoms with van der Waals surface area (Å²) in [4.78, 5) is 13.0. The zero-order chi connectivity index (χ0) is 13.3. The van der Waals surface area contributed by atoms with Gasteiger partial charge in [-0.3, -0.25) is 0 Å². The highest BCUT2D eigenvalue weighted by Crippen LogP contribution is 2.36. The summed E-state index contributed by atoms with van der Waals surface area (Å²) in [5.74, 6) is -1.57. The Balaban J connectivity index is 2.53. The van der Waals surface area contributed by atoms with Crippen molar-refractivity contribution in [2.75, 3.05) is 11.4 Å². The first-order valence-corrected chi connectivity index (χ1v) is 5.70. The van der Waals surface area contributed by atoms with E-state index in [4.69, 9.17) is 5.26 Å². The molecule has 0 spiro atoms. The zero-order valence-electron chi connectivity index (χ0n) is 9.98. The van der Waals surface area contributed by atoms with Crippen molar-refractivity contribution in [2.45, 2.75) is 25.3 Å². The number of halogens is 1. The Morgan fingerprint density at radius 2 is 2.33 bits per heavy atom. The molecule has 94 valence electrons. The lowest BCUT2D eigenvalue weighted by molar-refractivity contribution is -0.142. The Morgan fingerprint density at radius 1 is 1.61 bits per heavy atom. The molecule has 0 aliphatic carbocycles. The molecule has 1 aliphatic rings. The number of anilines is 1. The van der Waals surface area contributed by atoms with Crippen LogP contribution in [0.3, 0.4) is 0 Å². The molecule has 5 heteroatoms. The lowest BCUT2D eigenvalue weighted by Gasteiger charge is -2.33. The topological polar surface area (TPSA) is 64.3 Å². The first kappa shape index (κ1) is 12.4. The van der Waals surface area contributed by atoms with Gasteiger partial charge in [-0.1, -0.05) is 6.07 Å². The van der Waals surface area contributed by atoms with Crippen molar-refractivity contribution in [1.29, 1.82) is 5.26 Å². The highest BCUT2D eigenvalue weighted by Gasteiger charge is 2.44. The molecule has 1 aliphatic heterocycles. The van der Waals surface area contributed by atoms with Gasteiger partial charge in [-0.25, -0.2) is 9.18 Å². The molecule has 2 rings (SSSR count). The maximum absolute atomic E-state index is 13.6. The Morgan fingerprint density at radius 3 is 2.94 bits per heavy atom. The van der Waals surface area contributed by atoms with E-state index in [1.165, 1.54) is 12.1 Å². The largest absolute Gasteiger partial charge is 0.480 e. The van der Waals surface area contributed by atoms with E-state index in [2.05, 4.69) is 0 Å². The minimum Gasteiger partial charge on any atom is -0.480 e. The Hall–Kier alpha value is -2.09. The first-order valence-electron chi connectivity index (χ1n) is 5.70. The Kier molecular flexibility index (Phi) is 2.95. The number of rotatable bonds is 2. The molecule has 0 amide bonds. The standard InChI is InChI=1S/C13H13FN2O2/c1-13(12(17)18)6-3-7-16(13)11-5-2-4-10(14)9(11)8-15/h2,4-5H,3,6-7H2,1H3,(H,17,18). The van der Waals surface area contributed by atoms with E-state index < -0.39 is 17.3 Å². The van der Waals surface area contributed by atoms with E-state index in [-0.39, 0.29) is 5.56 Å². The minimum absolute atomic E-state index is 0.0909. The van der Waals surface area contributed by atoms with Crippen molar-refractivity contribution in [3.63, 3.8) is 0 Å². The predicted molar refractivity (Wildman–Crippen MR) is 63.7 cm³/mol. The van der Waals surface area contributed by atoms with Crippen molar-refractivity contribution < 1.29 is 14.3 Å². The van der Waals surface area contributed by atoms with Crippen molar-refractivity contribution in [3.8, 4) is 6.07 Å². The molecule has 0 bridgehead atoms. The number of hydrogen-bond acceptors (Lipinski definition) is 3. The summed E-state index contributed by atoms with van der Waals surface area (Å²) in [6.07, 6.45) is 1.20. The van der Waals surface area contributed by atoms with E-state index in [0.717, 1.165) is 0 Å². The fraction of sp³-hybridized carbons (Fsp3) is 0.385. The van der Waals surface area contributed by atoms with Crippen LogP contribution in [0, 0.1) is 17.1 Å². The quantitative estimate of drug-likeness (QED) is 0.870. The van der Waals surface area contributed by atoms with E-state index in [9.17, 15) is 14.3 Å². The summed E-state index contributed by atoms with van der Waals surface area (Å²) >= 11 is 0. The van der Waals surface area contributed by atoms with Crippen LogP contribution in [-0.4, -0.2) is 23.2 Å². The van der Waals surface area contributed by atoms with E-state index in [0.29, 0.717) is 25.1 Å². The van der Waals surface area contributed by atoms with Gasteiger partial charge in [0.05, 0.1) is 5.69 Å². The van der Waals surface area contributed by atoms with Gasteiger partial charge in [-0.2, -0.15) is 5.26 Å². The SMILES string of the molecule is CC1(C(=O)O)CCCN1c1cccc(F)c1C#N. The molecule has 1 N–H and O–H groups in total. The molecule has 0 aromatic heterocycles. The summed E-state index contributed by atoms with van der Waals surface area (Å²) < 4.78 is 13.6. The summed E-state index contributed by atoms with van der Waals surface area (Å²) in [5.41, 5.74) is -0.800. The number of aliphatic carboxylic acids is 1. The lowest BCUT2D eigenvalue weighted by atomic mass is 9.98. The molecule has 1 unspecified atom stereocenters. The van der Waals surface area contributed by atoms with Crippen LogP contribution in [0.25, 0.3) is 0 Å². The zero-order valence-corrected chi connectivity index (χ0v) is 9.98. The second kappa shape index (κ2) is 4.30. The molecule has 18 heavy (non-hydrogen) atoms. The van der Waals surface area contributed by atoms with Gasteiger partial charge in [0, 0.05) is 6.54 Å². The van der Waals surface area contributed by atoms with Crippen LogP contribution >= 0.6 is 0 Å². The van der Waals surface area contributed by atoms with Crippen LogP contribution in [0.1, 0.15) is 25.3 Å². The van der Waals surface area contributed by atoms with Gasteiger partial charge >= 0.3 is 5.97 Å². The second-order valence-corrected chi connectivity index (χ2v) is 4.58. The third kappa shape index (κ3) is 1.70. The number of nitrogens with zero attached hydrogens (tertiary/aromatic N) is 2. The normalized spacial score (nSPS) is 22.8. The van der Waals surface area contributed by atoms with Crippen LogP contribution in [-0.2, 0) is 4.79 Å². The number of nitriles is 1. The smallest absolute Gasteiger partial charge is 0.329 e. The molecule has 1 heterocycles. The van der Waals surface area contributed by atoms with Gasteiger partial charge in [0.1, 0.15) is 23.0 Å². The highest BCUT2D eigenvalue weighted by atomic mass is 19.1. The number of carboxylic acids is 1. The van der Waals surface area contributed by atoms with Gasteiger partial charge in [0.25, 0.3) is 0 Å². The van der Waals surface area contributed by atoms with Crippen molar-refractivity contribution in [1.82, 2.24) is 0 Å². The van der Waals surface area contributed by atoms with Gasteiger partial charge < -0.3 is 10.0 Å². The maximum Gasteiger partial charge on any atom is 0.329 e. The van der Waals surface area contributed by atoms with Crippen LogP contribution < -0.4 is 4.90 Å². The predicted octanol–water partition coefficient (Wildman–Crippen LogP) is 2.14. The number of benzene rings is 1. The van der Waals surface area contributed by atoms with Gasteiger partial charge in [0.2, 0.25) is 0 Å². The maximum atomic E-state index is 13.6. The summed E-state index contributed by atoms with van der Waals surface area (Å²) in [7, 11) is 0. The van der Waals surface area contributed by atoms with Crippen molar-refractivity contribution >= 4 is 11.7 Å². The van der Waals surface area contributed by atoms with E-state index >= 15 is 0 Å². The third-order valence-electron chi connectivity index (χ3n) is 3.50. The number of carbonyl (C=O) groups is 1. The molecule has 1 atom stereocenters. The third-order valence-corrected chi connectivity index (χ3v) is 3.50. The van der Waals surface area contributed by atoms with Crippen LogP contribution in [0.4, 0.5) is 10.1 Å². The molecule has 0 saturated carbocycles. The molecule has 1 saturated heterocycles. The lowest BCUT2D eigenvalue weighted by Crippen LogP contribution is -2.48. The first-order chi connectivity index (χ1) is 8.50. The van der Waals surface area contributed by atoms with E-state index in [1.54, 1.807) is 17.9 Å². The fourth-order valence-corrected chi connectivity index (χ4v) is 2.42. The van der Waals surface area contributed by atoms with E-state index in [1.807, 2.05) is 6.07 Å². The summed E-state index contributed by atoms with van der Waals surface area (Å²) in [5, 5.41) is 18.3. The Labute approximate surface area is 104 Å². The summed E-state index contributed by atoms with van der Waals surface area (Å²) in [6.45, 7) is 2.12. The van der Waals surface area contributed by atoms with Crippen molar-refractivity contribution in [3.05, 3.63) is 29.6 Å². The molecular formula is C13H13FN2O2. The Bertz CT molecular complexity index is 538. The number of carboxylic acid groups (broad SMARTS) is 1.